The number of hydrazone groups is 1. The van der Waals surface area contributed by atoms with Gasteiger partial charge in [0.1, 0.15) is 0 Å². The second kappa shape index (κ2) is 8.92. The molecule has 7 nitrogen and oxygen atoms in total. The maximum Gasteiger partial charge on any atom is 0.269 e. The van der Waals surface area contributed by atoms with E-state index in [1.165, 1.54) is 12.1 Å². The van der Waals surface area contributed by atoms with Crippen LogP contribution in [0.4, 0.5) is 10.8 Å². The van der Waals surface area contributed by atoms with Gasteiger partial charge in [-0.2, -0.15) is 5.10 Å². The summed E-state index contributed by atoms with van der Waals surface area (Å²) in [6, 6.07) is 24.9. The van der Waals surface area contributed by atoms with Gasteiger partial charge in [0.15, 0.2) is 0 Å². The number of thiazole rings is 1. The molecule has 3 aromatic carbocycles. The van der Waals surface area contributed by atoms with E-state index in [1.54, 1.807) is 23.5 Å². The average molecular weight is 468 g/mol. The highest BCUT2D eigenvalue weighted by Crippen LogP contribution is 2.27. The first-order chi connectivity index (χ1) is 16.5. The Morgan fingerprint density at radius 1 is 1.00 bits per heavy atom. The number of para-hydroxylation sites is 1. The summed E-state index contributed by atoms with van der Waals surface area (Å²) in [5, 5.41) is 16.0. The van der Waals surface area contributed by atoms with Crippen molar-refractivity contribution in [2.24, 2.45) is 5.10 Å². The molecule has 0 atom stereocenters. The predicted octanol–water partition coefficient (Wildman–Crippen LogP) is 6.73. The van der Waals surface area contributed by atoms with E-state index in [-0.39, 0.29) is 10.6 Å². The Labute approximate surface area is 200 Å². The molecular weight excluding hydrogens is 446 g/mol. The van der Waals surface area contributed by atoms with E-state index in [4.69, 9.17) is 0 Å². The Morgan fingerprint density at radius 2 is 1.68 bits per heavy atom. The number of hydrogen-bond acceptors (Lipinski definition) is 6. The van der Waals surface area contributed by atoms with Crippen LogP contribution in [-0.4, -0.2) is 20.7 Å². The van der Waals surface area contributed by atoms with Crippen LogP contribution < -0.4 is 5.43 Å². The van der Waals surface area contributed by atoms with E-state index in [0.717, 1.165) is 49.1 Å². The molecule has 0 spiro atoms. The van der Waals surface area contributed by atoms with Crippen molar-refractivity contribution in [3.8, 4) is 16.8 Å². The van der Waals surface area contributed by atoms with Crippen molar-refractivity contribution in [1.82, 2.24) is 9.55 Å². The number of anilines is 1. The highest BCUT2D eigenvalue weighted by Gasteiger charge is 2.11. The Balaban J connectivity index is 1.34. The van der Waals surface area contributed by atoms with Gasteiger partial charge in [-0.05, 0) is 67.4 Å². The standard InChI is InChI=1S/C26H21N5O2S/c1-17-15-21(16-27-29-26-28-24-5-3-4-6-25(24)34-26)18(2)30(17)22-11-7-19(8-12-22)20-9-13-23(14-10-20)31(32)33/h3-16H,1-2H3,(H,28,29)/b27-16+. The normalized spacial score (nSPS) is 11.4. The molecule has 5 aromatic rings. The average Bonchev–Trinajstić information content (AvgIpc) is 3.39. The van der Waals surface area contributed by atoms with E-state index in [1.807, 2.05) is 42.6 Å². The molecule has 0 saturated carbocycles. The largest absolute Gasteiger partial charge is 0.318 e. The molecule has 2 heterocycles. The van der Waals surface area contributed by atoms with Crippen molar-refractivity contribution in [3.05, 3.63) is 106 Å². The Hall–Kier alpha value is -4.30. The summed E-state index contributed by atoms with van der Waals surface area (Å²) in [4.78, 5) is 15.0. The molecule has 2 aromatic heterocycles. The summed E-state index contributed by atoms with van der Waals surface area (Å²) in [5.74, 6) is 0. The molecule has 0 bridgehead atoms. The first-order valence-corrected chi connectivity index (χ1v) is 11.5. The minimum absolute atomic E-state index is 0.0887. The zero-order chi connectivity index (χ0) is 23.7. The third-order valence-corrected chi connectivity index (χ3v) is 6.61. The number of benzene rings is 3. The van der Waals surface area contributed by atoms with Crippen LogP contribution in [0.5, 0.6) is 0 Å². The third-order valence-electron chi connectivity index (χ3n) is 5.66. The number of nitrogens with zero attached hydrogens (tertiary/aromatic N) is 4. The highest BCUT2D eigenvalue weighted by atomic mass is 32.1. The van der Waals surface area contributed by atoms with Crippen LogP contribution in [0.3, 0.4) is 0 Å². The summed E-state index contributed by atoms with van der Waals surface area (Å²) in [7, 11) is 0. The lowest BCUT2D eigenvalue weighted by Gasteiger charge is -2.11. The highest BCUT2D eigenvalue weighted by molar-refractivity contribution is 7.22. The molecule has 0 aliphatic carbocycles. The lowest BCUT2D eigenvalue weighted by Crippen LogP contribution is -1.99. The number of hydrogen-bond donors (Lipinski definition) is 1. The van der Waals surface area contributed by atoms with Gasteiger partial charge in [-0.25, -0.2) is 4.98 Å². The molecule has 5 rings (SSSR count). The molecule has 0 aliphatic rings. The lowest BCUT2D eigenvalue weighted by atomic mass is 10.0. The molecule has 0 aliphatic heterocycles. The predicted molar refractivity (Wildman–Crippen MR) is 138 cm³/mol. The van der Waals surface area contributed by atoms with Crippen molar-refractivity contribution in [1.29, 1.82) is 0 Å². The van der Waals surface area contributed by atoms with Crippen LogP contribution in [-0.2, 0) is 0 Å². The molecule has 34 heavy (non-hydrogen) atoms. The maximum atomic E-state index is 10.9. The van der Waals surface area contributed by atoms with Gasteiger partial charge < -0.3 is 4.57 Å². The fourth-order valence-electron chi connectivity index (χ4n) is 3.97. The third kappa shape index (κ3) is 4.18. The van der Waals surface area contributed by atoms with Crippen molar-refractivity contribution in [2.75, 3.05) is 5.43 Å². The van der Waals surface area contributed by atoms with E-state index >= 15 is 0 Å². The quantitative estimate of drug-likeness (QED) is 0.171. The molecule has 0 fully saturated rings. The van der Waals surface area contributed by atoms with Gasteiger partial charge in [-0.1, -0.05) is 35.6 Å². The zero-order valence-corrected chi connectivity index (χ0v) is 19.4. The van der Waals surface area contributed by atoms with Gasteiger partial charge in [0.2, 0.25) is 5.13 Å². The van der Waals surface area contributed by atoms with Gasteiger partial charge in [0, 0.05) is 34.8 Å². The second-order valence-electron chi connectivity index (χ2n) is 7.87. The monoisotopic (exact) mass is 467 g/mol. The summed E-state index contributed by atoms with van der Waals surface area (Å²) >= 11 is 1.57. The van der Waals surface area contributed by atoms with Crippen molar-refractivity contribution in [3.63, 3.8) is 0 Å². The van der Waals surface area contributed by atoms with Crippen molar-refractivity contribution >= 4 is 38.6 Å². The Morgan fingerprint density at radius 3 is 2.35 bits per heavy atom. The number of nitro benzene ring substituents is 1. The minimum atomic E-state index is -0.389. The van der Waals surface area contributed by atoms with Crippen LogP contribution in [0.1, 0.15) is 17.0 Å². The minimum Gasteiger partial charge on any atom is -0.318 e. The van der Waals surface area contributed by atoms with Crippen molar-refractivity contribution < 1.29 is 4.92 Å². The Kier molecular flexibility index (Phi) is 5.65. The summed E-state index contributed by atoms with van der Waals surface area (Å²) in [6.07, 6.45) is 1.82. The number of nitro groups is 1. The zero-order valence-electron chi connectivity index (χ0n) is 18.6. The van der Waals surface area contributed by atoms with Gasteiger partial charge in [0.05, 0.1) is 21.4 Å². The molecule has 0 saturated heterocycles. The second-order valence-corrected chi connectivity index (χ2v) is 8.90. The summed E-state index contributed by atoms with van der Waals surface area (Å²) in [5.41, 5.74) is 10.3. The van der Waals surface area contributed by atoms with E-state index in [0.29, 0.717) is 0 Å². The number of fused-ring (bicyclic) bond motifs is 1. The smallest absolute Gasteiger partial charge is 0.269 e. The molecule has 8 heteroatoms. The molecule has 0 radical (unpaired) electrons. The van der Waals surface area contributed by atoms with Crippen LogP contribution in [0, 0.1) is 24.0 Å². The Bertz CT molecular complexity index is 1480. The van der Waals surface area contributed by atoms with Crippen LogP contribution in [0.25, 0.3) is 27.0 Å². The molecule has 1 N–H and O–H groups in total. The van der Waals surface area contributed by atoms with Gasteiger partial charge in [-0.15, -0.1) is 0 Å². The number of aromatic nitrogens is 2. The van der Waals surface area contributed by atoms with Crippen molar-refractivity contribution in [2.45, 2.75) is 13.8 Å². The number of non-ortho nitro benzene ring substituents is 1. The fraction of sp³-hybridized carbons (Fsp3) is 0.0769. The van der Waals surface area contributed by atoms with E-state index in [9.17, 15) is 10.1 Å². The van der Waals surface area contributed by atoms with Gasteiger partial charge in [-0.3, -0.25) is 15.5 Å². The first kappa shape index (κ1) is 21.5. The molecule has 168 valence electrons. The van der Waals surface area contributed by atoms with E-state index < -0.39 is 0 Å². The number of aryl methyl sites for hydroxylation is 1. The topological polar surface area (TPSA) is 85.3 Å². The molecule has 0 amide bonds. The fourth-order valence-corrected chi connectivity index (χ4v) is 4.79. The van der Waals surface area contributed by atoms with Crippen LogP contribution >= 0.6 is 11.3 Å². The summed E-state index contributed by atoms with van der Waals surface area (Å²) < 4.78 is 3.30. The molecule has 0 unspecified atom stereocenters. The van der Waals surface area contributed by atoms with Crippen LogP contribution in [0.15, 0.2) is 84.0 Å². The van der Waals surface area contributed by atoms with E-state index in [2.05, 4.69) is 52.1 Å². The SMILES string of the molecule is Cc1cc(/C=N/Nc2nc3ccccc3s2)c(C)n1-c1ccc(-c2ccc([N+](=O)[O-])cc2)cc1. The lowest BCUT2D eigenvalue weighted by molar-refractivity contribution is -0.384. The summed E-state index contributed by atoms with van der Waals surface area (Å²) in [6.45, 7) is 4.13. The van der Waals surface area contributed by atoms with Gasteiger partial charge >= 0.3 is 0 Å². The van der Waals surface area contributed by atoms with Gasteiger partial charge in [0.25, 0.3) is 5.69 Å². The number of nitrogens with one attached hydrogen (secondary N) is 1. The van der Waals surface area contributed by atoms with Crippen LogP contribution in [0.2, 0.25) is 0 Å². The molecular formula is C26H21N5O2S. The first-order valence-electron chi connectivity index (χ1n) is 10.7. The number of rotatable bonds is 6. The maximum absolute atomic E-state index is 10.9.